The van der Waals surface area contributed by atoms with Gasteiger partial charge in [0, 0.05) is 15.8 Å². The van der Waals surface area contributed by atoms with Gasteiger partial charge >= 0.3 is 6.03 Å². The lowest BCUT2D eigenvalue weighted by atomic mass is 9.94. The highest BCUT2D eigenvalue weighted by molar-refractivity contribution is 7.12. The van der Waals surface area contributed by atoms with Gasteiger partial charge in [-0.05, 0) is 38.0 Å². The fourth-order valence-electron chi connectivity index (χ4n) is 2.89. The second-order valence-electron chi connectivity index (χ2n) is 5.40. The van der Waals surface area contributed by atoms with E-state index in [-0.39, 0.29) is 18.0 Å². The molecule has 0 unspecified atom stereocenters. The molecular weight excluding hydrogens is 272 g/mol. The molecule has 106 valence electrons. The molecular formula is C15H18N2O2S. The first-order valence-corrected chi connectivity index (χ1v) is 7.89. The van der Waals surface area contributed by atoms with E-state index in [1.807, 2.05) is 19.1 Å². The third kappa shape index (κ3) is 2.50. The Morgan fingerprint density at radius 1 is 1.25 bits per heavy atom. The van der Waals surface area contributed by atoms with Gasteiger partial charge in [0.15, 0.2) is 0 Å². The number of hydrogen-bond acceptors (Lipinski definition) is 3. The highest BCUT2D eigenvalue weighted by atomic mass is 32.1. The standard InChI is InChI=1S/C15H18N2O2S/c1-10-7-8-12(20-10)9-13-14(18)17(15(19)16-13)11-5-3-2-4-6-11/h7-9,11H,2-6H2,1H3,(H,16,19)/b13-9-. The summed E-state index contributed by atoms with van der Waals surface area (Å²) in [6.07, 6.45) is 7.06. The van der Waals surface area contributed by atoms with Gasteiger partial charge in [-0.3, -0.25) is 9.69 Å². The van der Waals surface area contributed by atoms with Crippen molar-refractivity contribution in [2.45, 2.75) is 45.1 Å². The summed E-state index contributed by atoms with van der Waals surface area (Å²) in [6, 6.07) is 3.79. The maximum absolute atomic E-state index is 12.4. The molecule has 5 heteroatoms. The van der Waals surface area contributed by atoms with Crippen LogP contribution >= 0.6 is 11.3 Å². The maximum Gasteiger partial charge on any atom is 0.329 e. The number of hydrogen-bond donors (Lipinski definition) is 1. The van der Waals surface area contributed by atoms with Crippen molar-refractivity contribution in [2.75, 3.05) is 0 Å². The van der Waals surface area contributed by atoms with Gasteiger partial charge in [0.1, 0.15) is 5.70 Å². The summed E-state index contributed by atoms with van der Waals surface area (Å²) in [5, 5.41) is 2.71. The fraction of sp³-hybridized carbons (Fsp3) is 0.467. The Morgan fingerprint density at radius 2 is 2.00 bits per heavy atom. The zero-order valence-electron chi connectivity index (χ0n) is 11.5. The van der Waals surface area contributed by atoms with Crippen LogP contribution in [-0.4, -0.2) is 22.9 Å². The van der Waals surface area contributed by atoms with E-state index in [0.29, 0.717) is 5.70 Å². The second-order valence-corrected chi connectivity index (χ2v) is 6.72. The van der Waals surface area contributed by atoms with Crippen molar-refractivity contribution in [3.05, 3.63) is 27.6 Å². The smallest absolute Gasteiger partial charge is 0.303 e. The van der Waals surface area contributed by atoms with E-state index in [2.05, 4.69) is 5.32 Å². The summed E-state index contributed by atoms with van der Waals surface area (Å²) in [5.74, 6) is -0.173. The lowest BCUT2D eigenvalue weighted by molar-refractivity contribution is -0.124. The van der Waals surface area contributed by atoms with Crippen molar-refractivity contribution in [1.29, 1.82) is 0 Å². The molecule has 1 aromatic rings. The zero-order chi connectivity index (χ0) is 14.1. The van der Waals surface area contributed by atoms with E-state index in [1.54, 1.807) is 17.4 Å². The number of carbonyl (C=O) groups excluding carboxylic acids is 2. The van der Waals surface area contributed by atoms with Crippen LogP contribution in [0, 0.1) is 6.92 Å². The molecule has 2 aliphatic rings. The molecule has 4 nitrogen and oxygen atoms in total. The van der Waals surface area contributed by atoms with E-state index in [1.165, 1.54) is 16.2 Å². The zero-order valence-corrected chi connectivity index (χ0v) is 12.3. The Hall–Kier alpha value is -1.62. The van der Waals surface area contributed by atoms with Crippen molar-refractivity contribution in [1.82, 2.24) is 10.2 Å². The van der Waals surface area contributed by atoms with Gasteiger partial charge in [-0.25, -0.2) is 4.79 Å². The molecule has 3 rings (SSSR count). The van der Waals surface area contributed by atoms with E-state index in [9.17, 15) is 9.59 Å². The molecule has 1 N–H and O–H groups in total. The number of carbonyl (C=O) groups is 2. The van der Waals surface area contributed by atoms with Gasteiger partial charge in [0.05, 0.1) is 0 Å². The molecule has 1 aliphatic heterocycles. The van der Waals surface area contributed by atoms with Crippen molar-refractivity contribution >= 4 is 29.4 Å². The number of aryl methyl sites for hydroxylation is 1. The Labute approximate surface area is 122 Å². The van der Waals surface area contributed by atoms with Crippen LogP contribution in [0.3, 0.4) is 0 Å². The number of thiophene rings is 1. The minimum absolute atomic E-state index is 0.0761. The third-order valence-corrected chi connectivity index (χ3v) is 4.84. The number of urea groups is 1. The van der Waals surface area contributed by atoms with E-state index in [0.717, 1.165) is 30.6 Å². The molecule has 0 radical (unpaired) electrons. The summed E-state index contributed by atoms with van der Waals surface area (Å²) in [6.45, 7) is 2.02. The summed E-state index contributed by atoms with van der Waals surface area (Å²) in [4.78, 5) is 28.1. The lowest BCUT2D eigenvalue weighted by Crippen LogP contribution is -2.41. The normalized spacial score (nSPS) is 22.6. The summed E-state index contributed by atoms with van der Waals surface area (Å²) >= 11 is 1.62. The van der Waals surface area contributed by atoms with Crippen LogP contribution in [0.2, 0.25) is 0 Å². The molecule has 20 heavy (non-hydrogen) atoms. The van der Waals surface area contributed by atoms with Crippen LogP contribution in [0.15, 0.2) is 17.8 Å². The average Bonchev–Trinajstić information content (AvgIpc) is 2.96. The first-order valence-electron chi connectivity index (χ1n) is 7.08. The molecule has 2 fully saturated rings. The third-order valence-electron chi connectivity index (χ3n) is 3.90. The Bertz CT molecular complexity index is 570. The van der Waals surface area contributed by atoms with E-state index >= 15 is 0 Å². The van der Waals surface area contributed by atoms with Gasteiger partial charge in [0.25, 0.3) is 5.91 Å². The van der Waals surface area contributed by atoms with Gasteiger partial charge < -0.3 is 5.32 Å². The quantitative estimate of drug-likeness (QED) is 0.671. The number of amides is 3. The first-order chi connectivity index (χ1) is 9.65. The molecule has 1 saturated heterocycles. The number of rotatable bonds is 2. The van der Waals surface area contributed by atoms with E-state index < -0.39 is 0 Å². The van der Waals surface area contributed by atoms with Gasteiger partial charge in [-0.1, -0.05) is 19.3 Å². The van der Waals surface area contributed by atoms with E-state index in [4.69, 9.17) is 0 Å². The average molecular weight is 290 g/mol. The summed E-state index contributed by atoms with van der Waals surface area (Å²) in [5.41, 5.74) is 0.405. The molecule has 1 aliphatic carbocycles. The maximum atomic E-state index is 12.4. The molecule has 0 atom stereocenters. The van der Waals surface area contributed by atoms with Crippen molar-refractivity contribution in [3.63, 3.8) is 0 Å². The lowest BCUT2D eigenvalue weighted by Gasteiger charge is -2.28. The molecule has 3 amide bonds. The fourth-order valence-corrected chi connectivity index (χ4v) is 3.71. The van der Waals surface area contributed by atoms with Crippen LogP contribution in [0.4, 0.5) is 4.79 Å². The highest BCUT2D eigenvalue weighted by Crippen LogP contribution is 2.27. The molecule has 0 spiro atoms. The summed E-state index contributed by atoms with van der Waals surface area (Å²) in [7, 11) is 0. The Morgan fingerprint density at radius 3 is 2.65 bits per heavy atom. The highest BCUT2D eigenvalue weighted by Gasteiger charge is 2.38. The van der Waals surface area contributed by atoms with Crippen LogP contribution in [0.1, 0.15) is 41.9 Å². The number of imide groups is 1. The number of nitrogens with one attached hydrogen (secondary N) is 1. The first kappa shape index (κ1) is 13.4. The predicted octanol–water partition coefficient (Wildman–Crippen LogP) is 3.28. The monoisotopic (exact) mass is 290 g/mol. The van der Waals surface area contributed by atoms with Crippen LogP contribution in [-0.2, 0) is 4.79 Å². The molecule has 1 aromatic heterocycles. The van der Waals surface area contributed by atoms with Crippen molar-refractivity contribution in [3.8, 4) is 0 Å². The van der Waals surface area contributed by atoms with Gasteiger partial charge in [0.2, 0.25) is 0 Å². The van der Waals surface area contributed by atoms with Crippen molar-refractivity contribution in [2.24, 2.45) is 0 Å². The number of nitrogens with zero attached hydrogens (tertiary/aromatic N) is 1. The van der Waals surface area contributed by atoms with Gasteiger partial charge in [-0.2, -0.15) is 0 Å². The second kappa shape index (κ2) is 5.40. The minimum Gasteiger partial charge on any atom is -0.303 e. The Kier molecular flexibility index (Phi) is 3.61. The van der Waals surface area contributed by atoms with Crippen molar-refractivity contribution < 1.29 is 9.59 Å². The predicted molar refractivity (Wildman–Crippen MR) is 79.3 cm³/mol. The Balaban J connectivity index is 1.81. The molecule has 0 aromatic carbocycles. The van der Waals surface area contributed by atoms with Crippen LogP contribution in [0.25, 0.3) is 6.08 Å². The largest absolute Gasteiger partial charge is 0.329 e. The molecule has 0 bridgehead atoms. The topological polar surface area (TPSA) is 49.4 Å². The summed E-state index contributed by atoms with van der Waals surface area (Å²) < 4.78 is 0. The molecule has 2 heterocycles. The van der Waals surface area contributed by atoms with Gasteiger partial charge in [-0.15, -0.1) is 11.3 Å². The van der Waals surface area contributed by atoms with Crippen LogP contribution in [0.5, 0.6) is 0 Å². The van der Waals surface area contributed by atoms with Crippen LogP contribution < -0.4 is 5.32 Å². The SMILES string of the molecule is Cc1ccc(/C=C2\NC(=O)N(C3CCCCC3)C2=O)s1. The minimum atomic E-state index is -0.263. The molecule has 1 saturated carbocycles.